The minimum atomic E-state index is -0.784. The molecule has 5 atom stereocenters. The van der Waals surface area contributed by atoms with Gasteiger partial charge in [-0.15, -0.1) is 0 Å². The zero-order valence-corrected chi connectivity index (χ0v) is 27.9. The maximum Gasteiger partial charge on any atom is 0.408 e. The molecular formula is C33H52F2N4O4. The average Bonchev–Trinajstić information content (AvgIpc) is 3.27. The monoisotopic (exact) mass is 606 g/mol. The SMILES string of the molecule is C[C@@H]1CN(C(=O)[C@@H]2CN(C(C)(C)C)C[C@H]2c2ccc(F)cc2F)[C@@H](C)CN1C(=O)[C@H](CC(C)(C)C)NC(=O)OC(C)(C)C. The summed E-state index contributed by atoms with van der Waals surface area (Å²) in [6.45, 7) is 22.9. The number of hydrogen-bond donors (Lipinski definition) is 1. The number of nitrogens with zero attached hydrogens (tertiary/aromatic N) is 3. The van der Waals surface area contributed by atoms with Gasteiger partial charge in [-0.3, -0.25) is 14.5 Å². The van der Waals surface area contributed by atoms with Crippen LogP contribution in [0.15, 0.2) is 18.2 Å². The third-order valence-electron chi connectivity index (χ3n) is 8.31. The molecule has 10 heteroatoms. The minimum absolute atomic E-state index is 0.0926. The number of hydrogen-bond acceptors (Lipinski definition) is 5. The van der Waals surface area contributed by atoms with E-state index in [1.807, 2.05) is 34.6 Å². The summed E-state index contributed by atoms with van der Waals surface area (Å²) in [4.78, 5) is 46.5. The fourth-order valence-electron chi connectivity index (χ4n) is 6.14. The molecule has 3 amide bonds. The smallest absolute Gasteiger partial charge is 0.408 e. The Morgan fingerprint density at radius 2 is 1.49 bits per heavy atom. The highest BCUT2D eigenvalue weighted by molar-refractivity contribution is 5.87. The molecule has 0 saturated carbocycles. The number of carbonyl (C=O) groups excluding carboxylic acids is 3. The van der Waals surface area contributed by atoms with Crippen molar-refractivity contribution < 1.29 is 27.9 Å². The van der Waals surface area contributed by atoms with Gasteiger partial charge < -0.3 is 19.9 Å². The van der Waals surface area contributed by atoms with Crippen molar-refractivity contribution in [1.82, 2.24) is 20.0 Å². The maximum absolute atomic E-state index is 15.0. The molecule has 3 rings (SSSR count). The molecule has 1 aromatic carbocycles. The first-order valence-electron chi connectivity index (χ1n) is 15.4. The van der Waals surface area contributed by atoms with Gasteiger partial charge in [0.15, 0.2) is 0 Å². The molecule has 2 fully saturated rings. The molecule has 0 radical (unpaired) electrons. The number of amides is 3. The predicted molar refractivity (Wildman–Crippen MR) is 163 cm³/mol. The highest BCUT2D eigenvalue weighted by atomic mass is 19.1. The zero-order valence-electron chi connectivity index (χ0n) is 27.9. The number of nitrogens with one attached hydrogen (secondary N) is 1. The first kappa shape index (κ1) is 34.7. The van der Waals surface area contributed by atoms with Crippen LogP contribution in [0.2, 0.25) is 0 Å². The molecule has 2 heterocycles. The summed E-state index contributed by atoms with van der Waals surface area (Å²) in [7, 11) is 0. The van der Waals surface area contributed by atoms with E-state index in [0.29, 0.717) is 38.2 Å². The van der Waals surface area contributed by atoms with Crippen LogP contribution in [0.4, 0.5) is 13.6 Å². The van der Waals surface area contributed by atoms with Crippen molar-refractivity contribution in [2.24, 2.45) is 11.3 Å². The quantitative estimate of drug-likeness (QED) is 0.475. The Morgan fingerprint density at radius 3 is 2.02 bits per heavy atom. The predicted octanol–water partition coefficient (Wildman–Crippen LogP) is 5.56. The van der Waals surface area contributed by atoms with Gasteiger partial charge in [0.1, 0.15) is 23.3 Å². The molecule has 1 N–H and O–H groups in total. The first-order chi connectivity index (χ1) is 19.6. The summed E-state index contributed by atoms with van der Waals surface area (Å²) in [6.07, 6.45) is -0.227. The highest BCUT2D eigenvalue weighted by Gasteiger charge is 2.47. The molecule has 0 spiro atoms. The van der Waals surface area contributed by atoms with E-state index in [1.54, 1.807) is 30.6 Å². The number of alkyl carbamates (subject to hydrolysis) is 1. The summed E-state index contributed by atoms with van der Waals surface area (Å²) >= 11 is 0. The van der Waals surface area contributed by atoms with Gasteiger partial charge in [0, 0.05) is 55.8 Å². The van der Waals surface area contributed by atoms with Crippen LogP contribution in [0.5, 0.6) is 0 Å². The summed E-state index contributed by atoms with van der Waals surface area (Å²) < 4.78 is 34.2. The van der Waals surface area contributed by atoms with Gasteiger partial charge in [-0.05, 0) is 78.9 Å². The van der Waals surface area contributed by atoms with Crippen LogP contribution in [-0.4, -0.2) is 88.1 Å². The Labute approximate surface area is 256 Å². The van der Waals surface area contributed by atoms with E-state index in [2.05, 4.69) is 31.0 Å². The minimum Gasteiger partial charge on any atom is -0.444 e. The highest BCUT2D eigenvalue weighted by Crippen LogP contribution is 2.39. The summed E-state index contributed by atoms with van der Waals surface area (Å²) in [5.74, 6) is -2.53. The fraction of sp³-hybridized carbons (Fsp3) is 0.727. The molecule has 8 nitrogen and oxygen atoms in total. The normalized spacial score (nSPS) is 24.6. The van der Waals surface area contributed by atoms with Crippen LogP contribution in [-0.2, 0) is 14.3 Å². The number of ether oxygens (including phenoxy) is 1. The molecule has 1 aromatic rings. The Balaban J connectivity index is 1.82. The van der Waals surface area contributed by atoms with E-state index in [-0.39, 0.29) is 34.9 Å². The van der Waals surface area contributed by atoms with Crippen LogP contribution in [0.25, 0.3) is 0 Å². The number of piperazine rings is 1. The summed E-state index contributed by atoms with van der Waals surface area (Å²) in [5.41, 5.74) is -0.838. The van der Waals surface area contributed by atoms with E-state index >= 15 is 0 Å². The molecule has 43 heavy (non-hydrogen) atoms. The molecule has 0 bridgehead atoms. The van der Waals surface area contributed by atoms with Gasteiger partial charge in [-0.2, -0.15) is 0 Å². The Hall–Kier alpha value is -2.75. The van der Waals surface area contributed by atoms with E-state index in [1.165, 1.54) is 12.1 Å². The van der Waals surface area contributed by atoms with Crippen LogP contribution in [0.3, 0.4) is 0 Å². The lowest BCUT2D eigenvalue weighted by atomic mass is 9.86. The lowest BCUT2D eigenvalue weighted by molar-refractivity contribution is -0.149. The molecule has 2 aliphatic heterocycles. The van der Waals surface area contributed by atoms with Crippen molar-refractivity contribution in [1.29, 1.82) is 0 Å². The lowest BCUT2D eigenvalue weighted by Gasteiger charge is -2.46. The van der Waals surface area contributed by atoms with Crippen molar-refractivity contribution in [2.45, 2.75) is 118 Å². The maximum atomic E-state index is 15.0. The third kappa shape index (κ3) is 8.89. The number of carbonyl (C=O) groups is 3. The zero-order chi connectivity index (χ0) is 32.7. The molecule has 0 aliphatic carbocycles. The number of halogens is 2. The second kappa shape index (κ2) is 12.7. The molecular weight excluding hydrogens is 554 g/mol. The van der Waals surface area contributed by atoms with Gasteiger partial charge in [0.25, 0.3) is 0 Å². The van der Waals surface area contributed by atoms with Crippen LogP contribution >= 0.6 is 0 Å². The average molecular weight is 607 g/mol. The van der Waals surface area contributed by atoms with E-state index in [0.717, 1.165) is 6.07 Å². The Morgan fingerprint density at radius 1 is 0.907 bits per heavy atom. The van der Waals surface area contributed by atoms with Gasteiger partial charge >= 0.3 is 6.09 Å². The molecule has 2 saturated heterocycles. The van der Waals surface area contributed by atoms with Crippen molar-refractivity contribution in [2.75, 3.05) is 26.2 Å². The number of likely N-dealkylation sites (tertiary alicyclic amines) is 1. The van der Waals surface area contributed by atoms with Gasteiger partial charge in [0.05, 0.1) is 5.92 Å². The Bertz CT molecular complexity index is 1190. The van der Waals surface area contributed by atoms with E-state index < -0.39 is 41.2 Å². The van der Waals surface area contributed by atoms with Crippen molar-refractivity contribution >= 4 is 17.9 Å². The lowest BCUT2D eigenvalue weighted by Crippen LogP contribution is -2.63. The number of benzene rings is 1. The van der Waals surface area contributed by atoms with Crippen LogP contribution in [0, 0.1) is 23.0 Å². The number of rotatable bonds is 5. The van der Waals surface area contributed by atoms with Gasteiger partial charge in [-0.25, -0.2) is 13.6 Å². The molecule has 0 aromatic heterocycles. The van der Waals surface area contributed by atoms with Gasteiger partial charge in [-0.1, -0.05) is 26.8 Å². The standard InChI is InChI=1S/C33H52F2N4O4/c1-20-17-39(29(41)27(15-31(3,4)5)36-30(42)43-33(9,10)11)21(2)16-38(20)28(40)25-19-37(32(6,7)8)18-24(25)23-13-12-22(34)14-26(23)35/h12-14,20-21,24-25,27H,15-19H2,1-11H3,(H,36,42)/t20-,21+,24-,25+,27-/m0/s1. The van der Waals surface area contributed by atoms with Crippen LogP contribution in [0.1, 0.15) is 94.1 Å². The van der Waals surface area contributed by atoms with Crippen molar-refractivity contribution in [3.63, 3.8) is 0 Å². The van der Waals surface area contributed by atoms with Crippen molar-refractivity contribution in [3.05, 3.63) is 35.4 Å². The van der Waals surface area contributed by atoms with Crippen LogP contribution < -0.4 is 5.32 Å². The Kier molecular flexibility index (Phi) is 10.3. The second-order valence-electron chi connectivity index (χ2n) is 15.6. The summed E-state index contributed by atoms with van der Waals surface area (Å²) in [5, 5.41) is 2.79. The second-order valence-corrected chi connectivity index (χ2v) is 15.6. The first-order valence-corrected chi connectivity index (χ1v) is 15.4. The topological polar surface area (TPSA) is 82.2 Å². The fourth-order valence-corrected chi connectivity index (χ4v) is 6.14. The molecule has 2 aliphatic rings. The molecule has 242 valence electrons. The van der Waals surface area contributed by atoms with Crippen molar-refractivity contribution in [3.8, 4) is 0 Å². The summed E-state index contributed by atoms with van der Waals surface area (Å²) in [6, 6.07) is 2.19. The van der Waals surface area contributed by atoms with Gasteiger partial charge in [0.2, 0.25) is 11.8 Å². The van der Waals surface area contributed by atoms with E-state index in [4.69, 9.17) is 4.74 Å². The third-order valence-corrected chi connectivity index (χ3v) is 8.31. The van der Waals surface area contributed by atoms with E-state index in [9.17, 15) is 23.2 Å². The largest absolute Gasteiger partial charge is 0.444 e. The molecule has 0 unspecified atom stereocenters.